The highest BCUT2D eigenvalue weighted by Gasteiger charge is 2.23. The van der Waals surface area contributed by atoms with Crippen LogP contribution in [0.5, 0.6) is 0 Å². The van der Waals surface area contributed by atoms with E-state index < -0.39 is 29.0 Å². The molecule has 1 aromatic rings. The van der Waals surface area contributed by atoms with Gasteiger partial charge in [-0.15, -0.1) is 0 Å². The predicted octanol–water partition coefficient (Wildman–Crippen LogP) is 4.29. The Balaban J connectivity index is 3.18. The lowest BCUT2D eigenvalue weighted by atomic mass is 10.2. The zero-order chi connectivity index (χ0) is 15.7. The summed E-state index contributed by atoms with van der Waals surface area (Å²) in [7, 11) is 0. The summed E-state index contributed by atoms with van der Waals surface area (Å²) in [5.41, 5.74) is -1.41. The van der Waals surface area contributed by atoms with Crippen molar-refractivity contribution in [3.8, 4) is 0 Å². The maximum absolute atomic E-state index is 13.6. The Kier molecular flexibility index (Phi) is 4.99. The lowest BCUT2D eigenvalue weighted by Gasteiger charge is -2.20. The third-order valence-electron chi connectivity index (χ3n) is 2.01. The number of halogens is 3. The molecule has 0 saturated carbocycles. The van der Waals surface area contributed by atoms with Crippen LogP contribution in [-0.4, -0.2) is 22.8 Å². The van der Waals surface area contributed by atoms with Crippen molar-refractivity contribution < 1.29 is 23.8 Å². The van der Waals surface area contributed by atoms with Gasteiger partial charge in [0.05, 0.1) is 20.7 Å². The molecule has 8 heteroatoms. The van der Waals surface area contributed by atoms with Crippen molar-refractivity contribution in [2.24, 2.45) is 0 Å². The van der Waals surface area contributed by atoms with Crippen LogP contribution in [0.3, 0.4) is 0 Å². The molecule has 1 rings (SSSR count). The highest BCUT2D eigenvalue weighted by molar-refractivity contribution is 9.10. The normalized spacial score (nSPS) is 11.1. The second-order valence-electron chi connectivity index (χ2n) is 4.84. The molecule has 20 heavy (non-hydrogen) atoms. The van der Waals surface area contributed by atoms with E-state index in [1.54, 1.807) is 20.8 Å². The van der Waals surface area contributed by atoms with Crippen molar-refractivity contribution >= 4 is 45.3 Å². The van der Waals surface area contributed by atoms with Crippen LogP contribution in [0.15, 0.2) is 10.5 Å². The molecule has 0 atom stereocenters. The number of anilines is 1. The molecular weight excluding hydrogens is 356 g/mol. The number of benzene rings is 1. The molecule has 0 aliphatic carbocycles. The lowest BCUT2D eigenvalue weighted by Crippen LogP contribution is -2.27. The Morgan fingerprint density at radius 3 is 2.45 bits per heavy atom. The smallest absolute Gasteiger partial charge is 0.412 e. The topological polar surface area (TPSA) is 75.6 Å². The maximum atomic E-state index is 13.6. The predicted molar refractivity (Wildman–Crippen MR) is 75.9 cm³/mol. The van der Waals surface area contributed by atoms with Crippen LogP contribution >= 0.6 is 27.5 Å². The average molecular weight is 369 g/mol. The third kappa shape index (κ3) is 4.08. The van der Waals surface area contributed by atoms with Gasteiger partial charge in [-0.2, -0.15) is 0 Å². The van der Waals surface area contributed by atoms with Crippen molar-refractivity contribution in [1.82, 2.24) is 0 Å². The van der Waals surface area contributed by atoms with Crippen molar-refractivity contribution in [3.63, 3.8) is 0 Å². The molecule has 0 fully saturated rings. The Morgan fingerprint density at radius 2 is 2.00 bits per heavy atom. The van der Waals surface area contributed by atoms with E-state index in [4.69, 9.17) is 21.4 Å². The third-order valence-corrected chi connectivity index (χ3v) is 3.18. The summed E-state index contributed by atoms with van der Waals surface area (Å²) in [4.78, 5) is 22.6. The molecule has 0 bridgehead atoms. The standard InChI is InChI=1S/C12H12BrClFNO4/c1-12(2,3)20-11(19)16-9-7(13)6(15)4-5(8(9)14)10(17)18/h4H,1-3H3,(H,16,19)(H,17,18). The van der Waals surface area contributed by atoms with E-state index in [1.807, 2.05) is 0 Å². The summed E-state index contributed by atoms with van der Waals surface area (Å²) in [5, 5.41) is 10.8. The number of hydrogen-bond donors (Lipinski definition) is 2. The molecular formula is C12H12BrClFNO4. The van der Waals surface area contributed by atoms with Gasteiger partial charge in [-0.05, 0) is 42.8 Å². The zero-order valence-electron chi connectivity index (χ0n) is 10.9. The molecule has 0 aliphatic heterocycles. The SMILES string of the molecule is CC(C)(C)OC(=O)Nc1c(Cl)c(C(=O)O)cc(F)c1Br. The fourth-order valence-corrected chi connectivity index (χ4v) is 2.08. The van der Waals surface area contributed by atoms with Gasteiger partial charge in [0.25, 0.3) is 0 Å². The first-order chi connectivity index (χ1) is 9.03. The number of ether oxygens (including phenoxy) is 1. The Bertz CT molecular complexity index is 572. The number of amides is 1. The van der Waals surface area contributed by atoms with Crippen LogP contribution in [0.4, 0.5) is 14.9 Å². The van der Waals surface area contributed by atoms with Crippen LogP contribution in [0, 0.1) is 5.82 Å². The van der Waals surface area contributed by atoms with Gasteiger partial charge in [0.15, 0.2) is 0 Å². The van der Waals surface area contributed by atoms with Crippen LogP contribution < -0.4 is 5.32 Å². The number of hydrogen-bond acceptors (Lipinski definition) is 3. The van der Waals surface area contributed by atoms with Crippen LogP contribution in [0.25, 0.3) is 0 Å². The molecule has 0 saturated heterocycles. The molecule has 0 aliphatic rings. The summed E-state index contributed by atoms with van der Waals surface area (Å²) in [5.74, 6) is -2.27. The highest BCUT2D eigenvalue weighted by Crippen LogP contribution is 2.36. The molecule has 0 aromatic heterocycles. The van der Waals surface area contributed by atoms with E-state index in [9.17, 15) is 14.0 Å². The van der Waals surface area contributed by atoms with Gasteiger partial charge in [-0.25, -0.2) is 14.0 Å². The summed E-state index contributed by atoms with van der Waals surface area (Å²) in [6.07, 6.45) is -0.873. The molecule has 0 spiro atoms. The fourth-order valence-electron chi connectivity index (χ4n) is 1.27. The number of nitrogens with one attached hydrogen (secondary N) is 1. The van der Waals surface area contributed by atoms with E-state index >= 15 is 0 Å². The quantitative estimate of drug-likeness (QED) is 0.764. The molecule has 5 nitrogen and oxygen atoms in total. The van der Waals surface area contributed by atoms with Gasteiger partial charge in [0, 0.05) is 0 Å². The molecule has 1 amide bonds. The van der Waals surface area contributed by atoms with Gasteiger partial charge >= 0.3 is 12.1 Å². The van der Waals surface area contributed by atoms with E-state index in [2.05, 4.69) is 21.2 Å². The van der Waals surface area contributed by atoms with Gasteiger partial charge in [-0.3, -0.25) is 5.32 Å². The molecule has 2 N–H and O–H groups in total. The number of carbonyl (C=O) groups is 2. The molecule has 1 aromatic carbocycles. The van der Waals surface area contributed by atoms with E-state index in [1.165, 1.54) is 0 Å². The van der Waals surface area contributed by atoms with Crippen molar-refractivity contribution in [2.75, 3.05) is 5.32 Å². The number of carboxylic acid groups (broad SMARTS) is 1. The fraction of sp³-hybridized carbons (Fsp3) is 0.333. The van der Waals surface area contributed by atoms with Crippen molar-refractivity contribution in [1.29, 1.82) is 0 Å². The number of rotatable bonds is 2. The van der Waals surface area contributed by atoms with Crippen molar-refractivity contribution in [2.45, 2.75) is 26.4 Å². The minimum absolute atomic E-state index is 0.154. The minimum Gasteiger partial charge on any atom is -0.478 e. The number of aromatic carboxylic acids is 1. The second kappa shape index (κ2) is 5.97. The highest BCUT2D eigenvalue weighted by atomic mass is 79.9. The summed E-state index contributed by atoms with van der Waals surface area (Å²) in [6, 6.07) is 0.759. The molecule has 0 unspecified atom stereocenters. The van der Waals surface area contributed by atoms with Gasteiger partial charge in [0.1, 0.15) is 11.4 Å². The molecule has 0 heterocycles. The Hall–Kier alpha value is -1.34. The summed E-state index contributed by atoms with van der Waals surface area (Å²) in [6.45, 7) is 4.95. The van der Waals surface area contributed by atoms with E-state index in [-0.39, 0.29) is 15.2 Å². The number of carbonyl (C=O) groups excluding carboxylic acids is 1. The first-order valence-corrected chi connectivity index (χ1v) is 6.61. The second-order valence-corrected chi connectivity index (χ2v) is 6.01. The van der Waals surface area contributed by atoms with E-state index in [0.717, 1.165) is 6.07 Å². The Labute approximate surface area is 128 Å². The number of carboxylic acids is 1. The molecule has 0 radical (unpaired) electrons. The average Bonchev–Trinajstić information content (AvgIpc) is 2.26. The van der Waals surface area contributed by atoms with Gasteiger partial charge < -0.3 is 9.84 Å². The zero-order valence-corrected chi connectivity index (χ0v) is 13.2. The lowest BCUT2D eigenvalue weighted by molar-refractivity contribution is 0.0632. The molecule has 110 valence electrons. The van der Waals surface area contributed by atoms with Crippen LogP contribution in [0.1, 0.15) is 31.1 Å². The largest absolute Gasteiger partial charge is 0.478 e. The first-order valence-electron chi connectivity index (χ1n) is 5.43. The van der Waals surface area contributed by atoms with Gasteiger partial charge in [0.2, 0.25) is 0 Å². The van der Waals surface area contributed by atoms with Crippen molar-refractivity contribution in [3.05, 3.63) is 26.9 Å². The van der Waals surface area contributed by atoms with E-state index in [0.29, 0.717) is 0 Å². The minimum atomic E-state index is -1.41. The van der Waals surface area contributed by atoms with Crippen LogP contribution in [-0.2, 0) is 4.74 Å². The van der Waals surface area contributed by atoms with Crippen LogP contribution in [0.2, 0.25) is 5.02 Å². The first kappa shape index (κ1) is 16.7. The summed E-state index contributed by atoms with van der Waals surface area (Å²) < 4.78 is 18.4. The Morgan fingerprint density at radius 1 is 1.45 bits per heavy atom. The summed E-state index contributed by atoms with van der Waals surface area (Å²) >= 11 is 8.75. The van der Waals surface area contributed by atoms with Gasteiger partial charge in [-0.1, -0.05) is 11.6 Å². The maximum Gasteiger partial charge on any atom is 0.412 e. The monoisotopic (exact) mass is 367 g/mol.